The smallest absolute Gasteiger partial charge is 0.166 e. The molecule has 7 heteroatoms. The van der Waals surface area contributed by atoms with Crippen molar-refractivity contribution in [2.24, 2.45) is 5.10 Å². The molecule has 0 radical (unpaired) electrons. The number of pyridine rings is 1. The Hall–Kier alpha value is -2.01. The van der Waals surface area contributed by atoms with E-state index in [0.29, 0.717) is 16.3 Å². The number of hydrazone groups is 1. The topological polar surface area (TPSA) is 57.5 Å². The number of hydrogen-bond acceptors (Lipinski definition) is 4. The third-order valence-electron chi connectivity index (χ3n) is 3.51. The van der Waals surface area contributed by atoms with Crippen molar-refractivity contribution in [3.63, 3.8) is 0 Å². The van der Waals surface area contributed by atoms with Crippen molar-refractivity contribution in [2.45, 2.75) is 6.92 Å². The van der Waals surface area contributed by atoms with E-state index in [9.17, 15) is 5.11 Å². The lowest BCUT2D eigenvalue weighted by atomic mass is 10.0. The molecule has 122 valence electrons. The fraction of sp³-hybridized carbons (Fsp3) is 0.0588. The molecule has 0 saturated heterocycles. The Morgan fingerprint density at radius 3 is 2.62 bits per heavy atom. The van der Waals surface area contributed by atoms with Gasteiger partial charge in [-0.25, -0.2) is 4.98 Å². The van der Waals surface area contributed by atoms with Crippen LogP contribution >= 0.6 is 34.8 Å². The molecule has 0 aliphatic rings. The second kappa shape index (κ2) is 6.85. The molecular formula is C17H12Cl3N3O. The summed E-state index contributed by atoms with van der Waals surface area (Å²) in [7, 11) is 0. The first-order chi connectivity index (χ1) is 11.5. The highest BCUT2D eigenvalue weighted by molar-refractivity contribution is 6.42. The van der Waals surface area contributed by atoms with Gasteiger partial charge in [-0.3, -0.25) is 5.43 Å². The van der Waals surface area contributed by atoms with E-state index in [1.807, 2.05) is 36.4 Å². The average molecular weight is 381 g/mol. The van der Waals surface area contributed by atoms with Crippen LogP contribution in [0, 0.1) is 0 Å². The zero-order valence-electron chi connectivity index (χ0n) is 12.5. The molecule has 0 unspecified atom stereocenters. The van der Waals surface area contributed by atoms with Crippen LogP contribution in [0.4, 0.5) is 5.82 Å². The molecule has 0 saturated carbocycles. The molecule has 1 heterocycles. The summed E-state index contributed by atoms with van der Waals surface area (Å²) in [6.07, 6.45) is 0. The first-order valence-electron chi connectivity index (χ1n) is 7.00. The lowest BCUT2D eigenvalue weighted by Gasteiger charge is -2.09. The summed E-state index contributed by atoms with van der Waals surface area (Å²) in [6.45, 7) is 1.77. The Morgan fingerprint density at radius 2 is 1.83 bits per heavy atom. The fourth-order valence-electron chi connectivity index (χ4n) is 2.27. The van der Waals surface area contributed by atoms with Crippen LogP contribution in [0.1, 0.15) is 12.5 Å². The molecule has 3 rings (SSSR count). The van der Waals surface area contributed by atoms with E-state index in [1.165, 1.54) is 6.07 Å². The van der Waals surface area contributed by atoms with Crippen molar-refractivity contribution in [2.75, 3.05) is 5.43 Å². The van der Waals surface area contributed by atoms with Gasteiger partial charge < -0.3 is 5.11 Å². The molecule has 24 heavy (non-hydrogen) atoms. The quantitative estimate of drug-likeness (QED) is 0.346. The van der Waals surface area contributed by atoms with E-state index >= 15 is 0 Å². The van der Waals surface area contributed by atoms with Crippen LogP contribution < -0.4 is 5.43 Å². The van der Waals surface area contributed by atoms with Gasteiger partial charge in [0.15, 0.2) is 5.82 Å². The van der Waals surface area contributed by atoms with Crippen LogP contribution in [-0.4, -0.2) is 15.8 Å². The molecule has 1 aromatic heterocycles. The van der Waals surface area contributed by atoms with Gasteiger partial charge in [-0.2, -0.15) is 5.10 Å². The Labute approximate surface area is 153 Å². The van der Waals surface area contributed by atoms with Crippen LogP contribution in [0.5, 0.6) is 5.75 Å². The van der Waals surface area contributed by atoms with Crippen LogP contribution in [-0.2, 0) is 0 Å². The van der Waals surface area contributed by atoms with E-state index in [0.717, 1.165) is 10.8 Å². The molecule has 2 N–H and O–H groups in total. The molecule has 0 fully saturated rings. The van der Waals surface area contributed by atoms with Crippen LogP contribution in [0.3, 0.4) is 0 Å². The van der Waals surface area contributed by atoms with E-state index in [-0.39, 0.29) is 21.7 Å². The van der Waals surface area contributed by atoms with Gasteiger partial charge in [0.25, 0.3) is 0 Å². The van der Waals surface area contributed by atoms with Crippen molar-refractivity contribution in [1.82, 2.24) is 4.98 Å². The number of phenolic OH excluding ortho intramolecular Hbond substituents is 1. The predicted octanol–water partition coefficient (Wildman–Crippen LogP) is 5.74. The third-order valence-corrected chi connectivity index (χ3v) is 4.47. The number of nitrogens with zero attached hydrogens (tertiary/aromatic N) is 2. The number of nitrogens with one attached hydrogen (secondary N) is 1. The first kappa shape index (κ1) is 16.8. The summed E-state index contributed by atoms with van der Waals surface area (Å²) >= 11 is 17.8. The highest BCUT2D eigenvalue weighted by Gasteiger charge is 2.10. The van der Waals surface area contributed by atoms with Gasteiger partial charge in [0, 0.05) is 10.9 Å². The summed E-state index contributed by atoms with van der Waals surface area (Å²) in [5.74, 6) is 0.454. The Balaban J connectivity index is 1.94. The molecule has 0 aliphatic carbocycles. The molecule has 4 nitrogen and oxygen atoms in total. The number of rotatable bonds is 3. The van der Waals surface area contributed by atoms with Gasteiger partial charge >= 0.3 is 0 Å². The number of halogens is 3. The number of hydrogen-bond donors (Lipinski definition) is 2. The van der Waals surface area contributed by atoms with Crippen molar-refractivity contribution in [3.05, 3.63) is 63.2 Å². The number of aromatic hydroxyl groups is 1. The number of phenols is 1. The maximum absolute atomic E-state index is 10.5. The maximum atomic E-state index is 10.5. The van der Waals surface area contributed by atoms with Gasteiger partial charge in [-0.05, 0) is 24.4 Å². The minimum absolute atomic E-state index is 0.130. The lowest BCUT2D eigenvalue weighted by molar-refractivity contribution is 0.480. The van der Waals surface area contributed by atoms with E-state index in [4.69, 9.17) is 34.8 Å². The van der Waals surface area contributed by atoms with E-state index in [2.05, 4.69) is 15.5 Å². The number of aromatic nitrogens is 1. The lowest BCUT2D eigenvalue weighted by Crippen LogP contribution is -2.02. The predicted molar refractivity (Wildman–Crippen MR) is 101 cm³/mol. The average Bonchev–Trinajstić information content (AvgIpc) is 2.57. The second-order valence-electron chi connectivity index (χ2n) is 5.08. The molecular weight excluding hydrogens is 369 g/mol. The van der Waals surface area contributed by atoms with Gasteiger partial charge in [0.1, 0.15) is 10.9 Å². The van der Waals surface area contributed by atoms with Crippen molar-refractivity contribution in [1.29, 1.82) is 0 Å². The van der Waals surface area contributed by atoms with Gasteiger partial charge in [-0.1, -0.05) is 65.1 Å². The first-order valence-corrected chi connectivity index (χ1v) is 8.13. The van der Waals surface area contributed by atoms with Gasteiger partial charge in [-0.15, -0.1) is 0 Å². The Morgan fingerprint density at radius 1 is 1.08 bits per heavy atom. The third kappa shape index (κ3) is 3.26. The zero-order valence-corrected chi connectivity index (χ0v) is 14.8. The van der Waals surface area contributed by atoms with Crippen LogP contribution in [0.25, 0.3) is 10.8 Å². The number of anilines is 1. The Bertz CT molecular complexity index is 957. The monoisotopic (exact) mass is 379 g/mol. The number of benzene rings is 2. The van der Waals surface area contributed by atoms with Gasteiger partial charge in [0.05, 0.1) is 15.8 Å². The van der Waals surface area contributed by atoms with E-state index in [1.54, 1.807) is 6.92 Å². The highest BCUT2D eigenvalue weighted by atomic mass is 35.5. The summed E-state index contributed by atoms with van der Waals surface area (Å²) in [5, 5.41) is 17.1. The van der Waals surface area contributed by atoms with Crippen LogP contribution in [0.2, 0.25) is 15.2 Å². The summed E-state index contributed by atoms with van der Waals surface area (Å²) < 4.78 is 0. The minimum Gasteiger partial charge on any atom is -0.507 e. The molecule has 0 bridgehead atoms. The molecule has 0 atom stereocenters. The fourth-order valence-corrected chi connectivity index (χ4v) is 2.81. The molecule has 0 spiro atoms. The van der Waals surface area contributed by atoms with Gasteiger partial charge in [0.2, 0.25) is 0 Å². The number of fused-ring (bicyclic) bond motifs is 1. The van der Waals surface area contributed by atoms with Crippen LogP contribution in [0.15, 0.2) is 47.6 Å². The summed E-state index contributed by atoms with van der Waals surface area (Å²) in [6, 6.07) is 12.8. The van der Waals surface area contributed by atoms with Crippen molar-refractivity contribution in [3.8, 4) is 5.75 Å². The summed E-state index contributed by atoms with van der Waals surface area (Å²) in [5.41, 5.74) is 3.93. The largest absolute Gasteiger partial charge is 0.507 e. The SMILES string of the molecule is CC(=NNc1nc(Cl)c(Cl)cc1Cl)c1ccc2ccccc2c1O. The highest BCUT2D eigenvalue weighted by Crippen LogP contribution is 2.30. The second-order valence-corrected chi connectivity index (χ2v) is 6.26. The summed E-state index contributed by atoms with van der Waals surface area (Å²) in [4.78, 5) is 4.03. The molecule has 0 amide bonds. The normalized spacial score (nSPS) is 11.8. The zero-order chi connectivity index (χ0) is 17.3. The Kier molecular flexibility index (Phi) is 4.81. The minimum atomic E-state index is 0.130. The van der Waals surface area contributed by atoms with Crippen molar-refractivity contribution >= 4 is 57.1 Å². The standard InChI is InChI=1S/C17H12Cl3N3O/c1-9(22-23-17-14(19)8-13(18)16(20)21-17)11-7-6-10-4-2-3-5-12(10)15(11)24/h2-8,24H,1H3,(H,21,23). The molecule has 2 aromatic carbocycles. The maximum Gasteiger partial charge on any atom is 0.166 e. The van der Waals surface area contributed by atoms with Crippen molar-refractivity contribution < 1.29 is 5.11 Å². The molecule has 3 aromatic rings. The molecule has 0 aliphatic heterocycles. The van der Waals surface area contributed by atoms with E-state index < -0.39 is 0 Å².